The first-order valence-corrected chi connectivity index (χ1v) is 6.73. The first kappa shape index (κ1) is 14.0. The van der Waals surface area contributed by atoms with Crippen molar-refractivity contribution in [2.75, 3.05) is 5.32 Å². The fourth-order valence-electron chi connectivity index (χ4n) is 2.09. The number of thiazole rings is 1. The topological polar surface area (TPSA) is 83.8 Å². The Balaban J connectivity index is 0.00000133. The van der Waals surface area contributed by atoms with Crippen molar-refractivity contribution in [3.63, 3.8) is 0 Å². The van der Waals surface area contributed by atoms with Crippen LogP contribution >= 0.6 is 23.7 Å². The number of H-pyrrole nitrogens is 1. The molecule has 2 heterocycles. The Morgan fingerprint density at radius 1 is 1.58 bits per heavy atom. The molecule has 3 rings (SSSR count). The van der Waals surface area contributed by atoms with Crippen LogP contribution < -0.4 is 11.1 Å². The van der Waals surface area contributed by atoms with E-state index in [0.29, 0.717) is 10.8 Å². The molecule has 0 unspecified atom stereocenters. The molecule has 2 aromatic rings. The molecule has 0 aromatic carbocycles. The summed E-state index contributed by atoms with van der Waals surface area (Å²) in [5.74, 6) is -0.157. The molecular weight excluding hydrogens is 284 g/mol. The number of anilines is 1. The third-order valence-corrected chi connectivity index (χ3v) is 4.08. The number of aromatic amines is 1. The van der Waals surface area contributed by atoms with E-state index >= 15 is 0 Å². The molecule has 19 heavy (non-hydrogen) atoms. The average molecular weight is 299 g/mol. The third kappa shape index (κ3) is 2.97. The molecule has 7 heteroatoms. The van der Waals surface area contributed by atoms with Gasteiger partial charge in [0, 0.05) is 17.1 Å². The van der Waals surface area contributed by atoms with Gasteiger partial charge >= 0.3 is 0 Å². The first-order chi connectivity index (χ1) is 8.72. The number of aryl methyl sites for hydroxylation is 1. The predicted molar refractivity (Wildman–Crippen MR) is 78.1 cm³/mol. The molecule has 0 aliphatic heterocycles. The minimum atomic E-state index is -0.157. The van der Waals surface area contributed by atoms with Crippen LogP contribution in [0.25, 0.3) is 0 Å². The number of halogens is 1. The van der Waals surface area contributed by atoms with E-state index < -0.39 is 0 Å². The number of hydrogen-bond donors (Lipinski definition) is 3. The Morgan fingerprint density at radius 2 is 2.42 bits per heavy atom. The summed E-state index contributed by atoms with van der Waals surface area (Å²) in [6.45, 7) is 0. The second-order valence-corrected chi connectivity index (χ2v) is 5.51. The molecule has 1 aliphatic carbocycles. The maximum atomic E-state index is 11.9. The van der Waals surface area contributed by atoms with Crippen LogP contribution in [-0.4, -0.2) is 21.9 Å². The van der Waals surface area contributed by atoms with Crippen molar-refractivity contribution < 1.29 is 4.79 Å². The number of carbonyl (C=O) groups excluding carboxylic acids is 1. The lowest BCUT2D eigenvalue weighted by Crippen LogP contribution is -2.27. The number of nitrogens with one attached hydrogen (secondary N) is 2. The molecule has 1 aliphatic rings. The van der Waals surface area contributed by atoms with E-state index in [2.05, 4.69) is 15.3 Å². The van der Waals surface area contributed by atoms with Gasteiger partial charge in [-0.1, -0.05) is 0 Å². The number of carbonyl (C=O) groups is 1. The van der Waals surface area contributed by atoms with Crippen molar-refractivity contribution in [3.8, 4) is 0 Å². The highest BCUT2D eigenvalue weighted by atomic mass is 35.5. The smallest absolute Gasteiger partial charge is 0.273 e. The van der Waals surface area contributed by atoms with Crippen molar-refractivity contribution in [2.24, 2.45) is 5.73 Å². The van der Waals surface area contributed by atoms with Gasteiger partial charge in [0.15, 0.2) is 5.13 Å². The molecule has 0 saturated carbocycles. The summed E-state index contributed by atoms with van der Waals surface area (Å²) in [7, 11) is 0. The van der Waals surface area contributed by atoms with Gasteiger partial charge in [-0.3, -0.25) is 10.1 Å². The van der Waals surface area contributed by atoms with Gasteiger partial charge in [0.05, 0.1) is 5.69 Å². The third-order valence-electron chi connectivity index (χ3n) is 3.04. The highest BCUT2D eigenvalue weighted by molar-refractivity contribution is 7.15. The molecule has 5 nitrogen and oxygen atoms in total. The molecule has 0 bridgehead atoms. The molecule has 102 valence electrons. The lowest BCUT2D eigenvalue weighted by atomic mass is 9.99. The minimum absolute atomic E-state index is 0. The second kappa shape index (κ2) is 5.73. The largest absolute Gasteiger partial charge is 0.357 e. The minimum Gasteiger partial charge on any atom is -0.357 e. The number of hydrogen-bond acceptors (Lipinski definition) is 4. The Bertz CT molecular complexity index is 566. The van der Waals surface area contributed by atoms with E-state index in [0.717, 1.165) is 25.0 Å². The summed E-state index contributed by atoms with van der Waals surface area (Å²) in [5, 5.41) is 3.47. The molecule has 0 saturated heterocycles. The van der Waals surface area contributed by atoms with Gasteiger partial charge in [-0.15, -0.1) is 23.7 Å². The van der Waals surface area contributed by atoms with Gasteiger partial charge < -0.3 is 10.7 Å². The zero-order valence-electron chi connectivity index (χ0n) is 10.2. The van der Waals surface area contributed by atoms with Gasteiger partial charge in [0.2, 0.25) is 0 Å². The van der Waals surface area contributed by atoms with Crippen molar-refractivity contribution in [2.45, 2.75) is 25.3 Å². The van der Waals surface area contributed by atoms with E-state index in [1.165, 1.54) is 16.2 Å². The lowest BCUT2D eigenvalue weighted by Gasteiger charge is -2.15. The quantitative estimate of drug-likeness (QED) is 0.792. The summed E-state index contributed by atoms with van der Waals surface area (Å²) in [6, 6.07) is 3.75. The maximum Gasteiger partial charge on any atom is 0.273 e. The number of aromatic nitrogens is 2. The molecule has 4 N–H and O–H groups in total. The fraction of sp³-hybridized carbons (Fsp3) is 0.333. The number of nitrogens with two attached hydrogens (primary N) is 1. The van der Waals surface area contributed by atoms with Crippen LogP contribution in [0.5, 0.6) is 0 Å². The Kier molecular flexibility index (Phi) is 4.24. The van der Waals surface area contributed by atoms with Crippen molar-refractivity contribution in [1.29, 1.82) is 0 Å². The van der Waals surface area contributed by atoms with Gasteiger partial charge in [-0.25, -0.2) is 4.98 Å². The normalized spacial score (nSPS) is 17.4. The summed E-state index contributed by atoms with van der Waals surface area (Å²) < 4.78 is 0. The summed E-state index contributed by atoms with van der Waals surface area (Å²) >= 11 is 1.53. The number of nitrogens with zero attached hydrogens (tertiary/aromatic N) is 1. The van der Waals surface area contributed by atoms with Crippen molar-refractivity contribution in [1.82, 2.24) is 9.97 Å². The van der Waals surface area contributed by atoms with Gasteiger partial charge in [0.25, 0.3) is 5.91 Å². The maximum absolute atomic E-state index is 11.9. The van der Waals surface area contributed by atoms with Crippen LogP contribution in [0, 0.1) is 0 Å². The summed E-state index contributed by atoms with van der Waals surface area (Å²) in [4.78, 5) is 20.4. The van der Waals surface area contributed by atoms with Gasteiger partial charge in [-0.2, -0.15) is 0 Å². The van der Waals surface area contributed by atoms with Crippen LogP contribution in [0.1, 0.15) is 27.5 Å². The molecule has 1 atom stereocenters. The molecule has 0 spiro atoms. The van der Waals surface area contributed by atoms with E-state index in [4.69, 9.17) is 5.73 Å². The number of fused-ring (bicyclic) bond motifs is 1. The van der Waals surface area contributed by atoms with Crippen LogP contribution in [-0.2, 0) is 12.8 Å². The van der Waals surface area contributed by atoms with E-state index in [9.17, 15) is 4.79 Å². The lowest BCUT2D eigenvalue weighted by molar-refractivity contribution is 0.102. The first-order valence-electron chi connectivity index (χ1n) is 5.91. The van der Waals surface area contributed by atoms with Crippen molar-refractivity contribution >= 4 is 34.8 Å². The monoisotopic (exact) mass is 298 g/mol. The molecule has 0 fully saturated rings. The van der Waals surface area contributed by atoms with Crippen LogP contribution in [0.2, 0.25) is 0 Å². The number of amides is 1. The van der Waals surface area contributed by atoms with Crippen molar-refractivity contribution in [3.05, 3.63) is 34.6 Å². The highest BCUT2D eigenvalue weighted by Gasteiger charge is 2.20. The molecule has 0 radical (unpaired) electrons. The standard InChI is InChI=1S/C12H14N4OS.ClH/c13-7-3-4-8-10(6-7)18-12(15-8)16-11(17)9-2-1-5-14-9;/h1-2,5,7,14H,3-4,6,13H2,(H,15,16,17);1H/t7-;/m0./s1. The van der Waals surface area contributed by atoms with Crippen LogP contribution in [0.15, 0.2) is 18.3 Å². The molecule has 1 amide bonds. The summed E-state index contributed by atoms with van der Waals surface area (Å²) in [5.41, 5.74) is 7.55. The molecular formula is C12H15ClN4OS. The number of rotatable bonds is 2. The Labute approximate surface area is 121 Å². The van der Waals surface area contributed by atoms with Crippen LogP contribution in [0.3, 0.4) is 0 Å². The van der Waals surface area contributed by atoms with Gasteiger partial charge in [0.1, 0.15) is 5.69 Å². The zero-order chi connectivity index (χ0) is 12.5. The average Bonchev–Trinajstić information content (AvgIpc) is 2.95. The fourth-order valence-corrected chi connectivity index (χ4v) is 3.19. The zero-order valence-corrected chi connectivity index (χ0v) is 11.8. The van der Waals surface area contributed by atoms with Gasteiger partial charge in [-0.05, 0) is 31.4 Å². The summed E-state index contributed by atoms with van der Waals surface area (Å²) in [6.07, 6.45) is 4.47. The van der Waals surface area contributed by atoms with Crippen LogP contribution in [0.4, 0.5) is 5.13 Å². The SMILES string of the molecule is Cl.N[C@H]1CCc2nc(NC(=O)c3ccc[nH]3)sc2C1. The highest BCUT2D eigenvalue weighted by Crippen LogP contribution is 2.29. The Hall–Kier alpha value is -1.37. The van der Waals surface area contributed by atoms with E-state index in [1.807, 2.05) is 0 Å². The predicted octanol–water partition coefficient (Wildman–Crippen LogP) is 1.96. The van der Waals surface area contributed by atoms with E-state index in [1.54, 1.807) is 18.3 Å². The Morgan fingerprint density at radius 3 is 3.16 bits per heavy atom. The molecule has 2 aromatic heterocycles. The van der Waals surface area contributed by atoms with E-state index in [-0.39, 0.29) is 24.4 Å². The second-order valence-electron chi connectivity index (χ2n) is 4.43.